The maximum atomic E-state index is 10.9. The third-order valence-corrected chi connectivity index (χ3v) is 5.85. The summed E-state index contributed by atoms with van der Waals surface area (Å²) in [6, 6.07) is 7.20. The van der Waals surface area contributed by atoms with Crippen LogP contribution in [0, 0.1) is 30.9 Å². The molecule has 0 aromatic heterocycles. The van der Waals surface area contributed by atoms with E-state index in [0.717, 1.165) is 32.6 Å². The van der Waals surface area contributed by atoms with Crippen LogP contribution < -0.4 is 15.9 Å². The Labute approximate surface area is 185 Å². The third-order valence-electron chi connectivity index (χ3n) is 5.85. The van der Waals surface area contributed by atoms with Gasteiger partial charge in [0, 0.05) is 22.8 Å². The molecular formula is C22H28N5O5+. The molecule has 0 spiro atoms. The fourth-order valence-corrected chi connectivity index (χ4v) is 3.75. The molecule has 10 nitrogen and oxygen atoms in total. The van der Waals surface area contributed by atoms with Crippen molar-refractivity contribution < 1.29 is 24.8 Å². The number of nitrogens with zero attached hydrogens (tertiary/aromatic N) is 3. The lowest BCUT2D eigenvalue weighted by Gasteiger charge is -2.32. The first-order chi connectivity index (χ1) is 15.0. The normalized spacial score (nSPS) is 18.6. The van der Waals surface area contributed by atoms with E-state index in [1.54, 1.807) is 29.8 Å². The Kier molecular flexibility index (Phi) is 6.24. The first kappa shape index (κ1) is 22.9. The van der Waals surface area contributed by atoms with E-state index >= 15 is 0 Å². The quantitative estimate of drug-likeness (QED) is 0.139. The maximum Gasteiger partial charge on any atom is 0.350 e. The molecular weight excluding hydrogens is 414 g/mol. The van der Waals surface area contributed by atoms with Gasteiger partial charge in [-0.15, -0.1) is 0 Å². The van der Waals surface area contributed by atoms with Gasteiger partial charge in [-0.25, -0.2) is 15.1 Å². The van der Waals surface area contributed by atoms with E-state index in [1.165, 1.54) is 0 Å². The number of phenolic OH excluding ortho intramolecular Hbond substituents is 1. The summed E-state index contributed by atoms with van der Waals surface area (Å²) < 4.78 is 7.32. The topological polar surface area (TPSA) is 146 Å². The van der Waals surface area contributed by atoms with Crippen molar-refractivity contribution in [2.24, 2.45) is 10.7 Å². The van der Waals surface area contributed by atoms with Crippen molar-refractivity contribution in [2.45, 2.75) is 52.8 Å². The Bertz CT molecular complexity index is 1130. The minimum absolute atomic E-state index is 0.141. The van der Waals surface area contributed by atoms with Crippen molar-refractivity contribution in [1.29, 1.82) is 0 Å². The molecule has 1 heterocycles. The number of benzene rings is 2. The molecule has 0 saturated carbocycles. The first-order valence-electron chi connectivity index (χ1n) is 10.2. The van der Waals surface area contributed by atoms with E-state index in [-0.39, 0.29) is 18.3 Å². The number of hydroxylamine groups is 1. The summed E-state index contributed by atoms with van der Waals surface area (Å²) in [6.45, 7) is 7.56. The monoisotopic (exact) mass is 442 g/mol. The van der Waals surface area contributed by atoms with Gasteiger partial charge < -0.3 is 15.6 Å². The standard InChI is InChI=1S/C22H27N5O5/c1-13-14(2)20-18(15(3)19(13)28)8-9-22(4,32-20)26(29)12-17-7-5-6-16(10-17)11-24-21(23)25-27(30)31/h5-7,10,12H,8-9,11H2,1-4H3,(H4-,23,24,25,28,29)/p+1/b26-12-. The number of rotatable bonds is 5. The number of nitrogens with two attached hydrogens (primary N) is 1. The van der Waals surface area contributed by atoms with Gasteiger partial charge in [0.15, 0.2) is 5.03 Å². The van der Waals surface area contributed by atoms with E-state index in [0.29, 0.717) is 24.2 Å². The van der Waals surface area contributed by atoms with Crippen LogP contribution in [0.4, 0.5) is 0 Å². The van der Waals surface area contributed by atoms with Gasteiger partial charge in [-0.1, -0.05) is 17.6 Å². The first-order valence-corrected chi connectivity index (χ1v) is 10.2. The van der Waals surface area contributed by atoms with E-state index in [2.05, 4.69) is 4.99 Å². The van der Waals surface area contributed by atoms with Crippen molar-refractivity contribution in [3.63, 3.8) is 0 Å². The predicted octanol–water partition coefficient (Wildman–Crippen LogP) is 2.48. The number of fused-ring (bicyclic) bond motifs is 1. The molecule has 1 aliphatic rings. The number of phenols is 1. The molecule has 0 fully saturated rings. The van der Waals surface area contributed by atoms with Crippen LogP contribution in [0.2, 0.25) is 0 Å². The van der Waals surface area contributed by atoms with Gasteiger partial charge in [-0.2, -0.15) is 0 Å². The summed E-state index contributed by atoms with van der Waals surface area (Å²) >= 11 is 0. The lowest BCUT2D eigenvalue weighted by molar-refractivity contribution is -0.846. The van der Waals surface area contributed by atoms with Gasteiger partial charge in [0.2, 0.25) is 6.21 Å². The number of hydrogen-bond acceptors (Lipinski definition) is 6. The van der Waals surface area contributed by atoms with Crippen LogP contribution in [0.25, 0.3) is 0 Å². The number of aromatic hydroxyl groups is 1. The van der Waals surface area contributed by atoms with Crippen LogP contribution in [0.15, 0.2) is 29.3 Å². The molecule has 32 heavy (non-hydrogen) atoms. The molecule has 3 rings (SSSR count). The van der Waals surface area contributed by atoms with E-state index in [9.17, 15) is 20.4 Å². The highest BCUT2D eigenvalue weighted by Crippen LogP contribution is 2.43. The molecule has 0 radical (unpaired) electrons. The van der Waals surface area contributed by atoms with Crippen molar-refractivity contribution >= 4 is 12.2 Å². The molecule has 5 N–H and O–H groups in total. The number of nitro groups is 1. The Morgan fingerprint density at radius 1 is 1.34 bits per heavy atom. The van der Waals surface area contributed by atoms with Crippen LogP contribution in [-0.2, 0) is 13.0 Å². The zero-order chi connectivity index (χ0) is 23.6. The molecule has 170 valence electrons. The summed E-state index contributed by atoms with van der Waals surface area (Å²) in [4.78, 5) is 14.3. The van der Waals surface area contributed by atoms with Crippen molar-refractivity contribution in [2.75, 3.05) is 0 Å². The average Bonchev–Trinajstić information content (AvgIpc) is 2.74. The molecule has 0 aliphatic carbocycles. The van der Waals surface area contributed by atoms with Crippen LogP contribution in [0.1, 0.15) is 46.7 Å². The molecule has 0 bridgehead atoms. The Balaban J connectivity index is 1.85. The lowest BCUT2D eigenvalue weighted by atomic mass is 9.90. The maximum absolute atomic E-state index is 10.9. The van der Waals surface area contributed by atoms with Gasteiger partial charge in [-0.3, -0.25) is 5.21 Å². The number of guanidine groups is 1. The SMILES string of the molecule is Cc1c(C)c2c(c(C)c1O)CCC(C)(/[N+](O)=C/c1cccc(CN=C(N)N[N+](=O)[O-])c1)O2. The van der Waals surface area contributed by atoms with Gasteiger partial charge in [0.05, 0.1) is 13.0 Å². The number of hydrogen-bond donors (Lipinski definition) is 4. The minimum atomic E-state index is -0.998. The Morgan fingerprint density at radius 2 is 2.06 bits per heavy atom. The molecule has 0 saturated heterocycles. The summed E-state index contributed by atoms with van der Waals surface area (Å²) in [6.07, 6.45) is 2.73. The number of ether oxygens (including phenoxy) is 1. The molecule has 0 amide bonds. The fourth-order valence-electron chi connectivity index (χ4n) is 3.75. The lowest BCUT2D eigenvalue weighted by Crippen LogP contribution is -2.47. The average molecular weight is 442 g/mol. The molecule has 2 aromatic carbocycles. The van der Waals surface area contributed by atoms with Gasteiger partial charge >= 0.3 is 5.72 Å². The molecule has 10 heteroatoms. The molecule has 2 aromatic rings. The number of aliphatic imine (C=N–C) groups is 1. The highest BCUT2D eigenvalue weighted by atomic mass is 16.7. The van der Waals surface area contributed by atoms with Crippen molar-refractivity contribution in [3.8, 4) is 11.5 Å². The smallest absolute Gasteiger partial charge is 0.350 e. The van der Waals surface area contributed by atoms with E-state index in [4.69, 9.17) is 10.5 Å². The second-order valence-corrected chi connectivity index (χ2v) is 8.10. The summed E-state index contributed by atoms with van der Waals surface area (Å²) in [5.41, 5.74) is 11.1. The van der Waals surface area contributed by atoms with Crippen LogP contribution in [0.5, 0.6) is 11.5 Å². The van der Waals surface area contributed by atoms with Gasteiger partial charge in [0.25, 0.3) is 5.96 Å². The molecule has 1 aliphatic heterocycles. The Hall–Kier alpha value is -3.82. The van der Waals surface area contributed by atoms with Crippen LogP contribution in [-0.4, -0.2) is 38.0 Å². The highest BCUT2D eigenvalue weighted by Gasteiger charge is 2.44. The van der Waals surface area contributed by atoms with Crippen LogP contribution in [0.3, 0.4) is 0 Å². The van der Waals surface area contributed by atoms with Gasteiger partial charge in [-0.05, 0) is 61.6 Å². The summed E-state index contributed by atoms with van der Waals surface area (Å²) in [7, 11) is 0. The van der Waals surface area contributed by atoms with Crippen LogP contribution >= 0.6 is 0 Å². The van der Waals surface area contributed by atoms with E-state index in [1.807, 2.05) is 33.8 Å². The summed E-state index contributed by atoms with van der Waals surface area (Å²) in [5, 5.41) is 30.8. The zero-order valence-electron chi connectivity index (χ0n) is 18.5. The second-order valence-electron chi connectivity index (χ2n) is 8.10. The predicted molar refractivity (Wildman–Crippen MR) is 119 cm³/mol. The largest absolute Gasteiger partial charge is 0.507 e. The van der Waals surface area contributed by atoms with E-state index < -0.39 is 10.8 Å². The Morgan fingerprint density at radius 3 is 2.75 bits per heavy atom. The molecule has 1 atom stereocenters. The number of nitrogens with one attached hydrogen (secondary N) is 1. The highest BCUT2D eigenvalue weighted by molar-refractivity contribution is 5.77. The third kappa shape index (κ3) is 4.58. The van der Waals surface area contributed by atoms with Crippen molar-refractivity contribution in [1.82, 2.24) is 5.43 Å². The minimum Gasteiger partial charge on any atom is -0.507 e. The number of hydrazine groups is 1. The second kappa shape index (κ2) is 8.74. The fraction of sp³-hybridized carbons (Fsp3) is 0.364. The van der Waals surface area contributed by atoms with Crippen molar-refractivity contribution in [3.05, 3.63) is 67.8 Å². The van der Waals surface area contributed by atoms with Gasteiger partial charge in [0.1, 0.15) is 11.5 Å². The molecule has 1 unspecified atom stereocenters. The summed E-state index contributed by atoms with van der Waals surface area (Å²) in [5.74, 6) is 0.687. The zero-order valence-corrected chi connectivity index (χ0v) is 18.5.